The van der Waals surface area contributed by atoms with E-state index in [-0.39, 0.29) is 17.6 Å². The molecule has 168 valence electrons. The lowest BCUT2D eigenvalue weighted by atomic mass is 9.84. The molecule has 1 spiro atoms. The molecule has 0 aliphatic carbocycles. The number of carbonyl (C=O) groups excluding carboxylic acids is 1. The highest BCUT2D eigenvalue weighted by Crippen LogP contribution is 2.36. The van der Waals surface area contributed by atoms with Crippen LogP contribution in [0.3, 0.4) is 0 Å². The van der Waals surface area contributed by atoms with Crippen LogP contribution in [-0.4, -0.2) is 64.4 Å². The quantitative estimate of drug-likeness (QED) is 0.769. The van der Waals surface area contributed by atoms with E-state index >= 15 is 0 Å². The van der Waals surface area contributed by atoms with Gasteiger partial charge >= 0.3 is 12.1 Å². The molecular weight excluding hydrogens is 405 g/mol. The Labute approximate surface area is 173 Å². The molecule has 0 radical (unpaired) electrons. The maximum absolute atomic E-state index is 11.9. The highest BCUT2D eigenvalue weighted by atomic mass is 19.4. The molecular formula is C20H27F3N2O5. The molecule has 1 aromatic rings. The van der Waals surface area contributed by atoms with Gasteiger partial charge in [-0.25, -0.2) is 4.79 Å². The lowest BCUT2D eigenvalue weighted by Crippen LogP contribution is -2.67. The predicted octanol–water partition coefficient (Wildman–Crippen LogP) is 3.10. The molecule has 1 atom stereocenters. The van der Waals surface area contributed by atoms with E-state index in [0.29, 0.717) is 19.6 Å². The molecule has 7 nitrogen and oxygen atoms in total. The Hall–Kier alpha value is -2.20. The number of halogens is 3. The van der Waals surface area contributed by atoms with E-state index in [4.69, 9.17) is 19.4 Å². The number of aryl methyl sites for hydroxylation is 1. The van der Waals surface area contributed by atoms with Crippen molar-refractivity contribution in [3.63, 3.8) is 0 Å². The zero-order valence-electron chi connectivity index (χ0n) is 17.1. The van der Waals surface area contributed by atoms with Crippen LogP contribution in [0.4, 0.5) is 13.2 Å². The number of nitrogens with zero attached hydrogens (tertiary/aromatic N) is 2. The minimum Gasteiger partial charge on any atom is -0.475 e. The van der Waals surface area contributed by atoms with Crippen molar-refractivity contribution in [2.45, 2.75) is 64.0 Å². The smallest absolute Gasteiger partial charge is 0.475 e. The van der Waals surface area contributed by atoms with Gasteiger partial charge in [0.1, 0.15) is 5.60 Å². The fourth-order valence-electron chi connectivity index (χ4n) is 3.45. The van der Waals surface area contributed by atoms with Crippen molar-refractivity contribution in [3.05, 3.63) is 29.6 Å². The molecule has 1 amide bonds. The second kappa shape index (κ2) is 10.2. The van der Waals surface area contributed by atoms with Crippen LogP contribution in [-0.2, 0) is 25.7 Å². The number of alkyl halides is 3. The number of aliphatic carboxylic acids is 1. The summed E-state index contributed by atoms with van der Waals surface area (Å²) in [4.78, 5) is 26.9. The topological polar surface area (TPSA) is 89.0 Å². The van der Waals surface area contributed by atoms with Crippen LogP contribution in [0, 0.1) is 6.92 Å². The number of ether oxygens (including phenoxy) is 2. The third-order valence-electron chi connectivity index (χ3n) is 4.88. The Morgan fingerprint density at radius 3 is 2.60 bits per heavy atom. The van der Waals surface area contributed by atoms with E-state index < -0.39 is 12.1 Å². The third-order valence-corrected chi connectivity index (χ3v) is 4.88. The van der Waals surface area contributed by atoms with Gasteiger partial charge in [0.05, 0.1) is 25.8 Å². The minimum absolute atomic E-state index is 0.169. The first kappa shape index (κ1) is 24.1. The van der Waals surface area contributed by atoms with Gasteiger partial charge in [0.25, 0.3) is 0 Å². The van der Waals surface area contributed by atoms with Crippen molar-refractivity contribution in [1.29, 1.82) is 0 Å². The number of pyridine rings is 1. The summed E-state index contributed by atoms with van der Waals surface area (Å²) in [5.74, 6) is -2.51. The van der Waals surface area contributed by atoms with Gasteiger partial charge in [0, 0.05) is 31.8 Å². The normalized spacial score (nSPS) is 20.2. The SMILES string of the molecule is CCCC(=O)N1CC2(CC(OCc3cncc(C)c3)CCO2)C1.O=C(O)C(F)(F)F. The Balaban J connectivity index is 0.000000396. The average Bonchev–Trinajstić information content (AvgIpc) is 2.64. The van der Waals surface area contributed by atoms with Crippen molar-refractivity contribution >= 4 is 11.9 Å². The van der Waals surface area contributed by atoms with Gasteiger partial charge in [-0.3, -0.25) is 9.78 Å². The monoisotopic (exact) mass is 432 g/mol. The molecule has 10 heteroatoms. The fraction of sp³-hybridized carbons (Fsp3) is 0.650. The number of carboxylic acids is 1. The number of carbonyl (C=O) groups is 2. The maximum Gasteiger partial charge on any atom is 0.490 e. The Kier molecular flexibility index (Phi) is 8.19. The standard InChI is InChI=1S/C18H26N2O3.C2HF3O2/c1-3-4-17(21)20-12-18(13-20)8-16(5-6-23-18)22-11-15-7-14(2)9-19-10-15;3-2(4,5)1(6)7/h7,9-10,16H,3-6,8,11-13H2,1-2H3;(H,6,7). The van der Waals surface area contributed by atoms with Crippen LogP contribution in [0.25, 0.3) is 0 Å². The van der Waals surface area contributed by atoms with Gasteiger partial charge in [-0.15, -0.1) is 0 Å². The molecule has 2 aliphatic rings. The number of rotatable bonds is 5. The zero-order chi connectivity index (χ0) is 22.4. The van der Waals surface area contributed by atoms with E-state index in [0.717, 1.165) is 43.5 Å². The summed E-state index contributed by atoms with van der Waals surface area (Å²) in [6.07, 6.45) is 2.16. The van der Waals surface area contributed by atoms with Crippen molar-refractivity contribution in [1.82, 2.24) is 9.88 Å². The largest absolute Gasteiger partial charge is 0.490 e. The molecule has 3 rings (SSSR count). The van der Waals surface area contributed by atoms with E-state index in [1.54, 1.807) is 0 Å². The summed E-state index contributed by atoms with van der Waals surface area (Å²) in [5, 5.41) is 7.12. The van der Waals surface area contributed by atoms with Crippen LogP contribution < -0.4 is 0 Å². The molecule has 0 bridgehead atoms. The van der Waals surface area contributed by atoms with Gasteiger partial charge in [0.15, 0.2) is 0 Å². The maximum atomic E-state index is 11.9. The van der Waals surface area contributed by atoms with Crippen LogP contribution >= 0.6 is 0 Å². The van der Waals surface area contributed by atoms with Crippen LogP contribution in [0.1, 0.15) is 43.7 Å². The molecule has 1 aromatic heterocycles. The molecule has 1 N–H and O–H groups in total. The van der Waals surface area contributed by atoms with Crippen molar-refractivity contribution in [3.8, 4) is 0 Å². The molecule has 2 aliphatic heterocycles. The molecule has 1 unspecified atom stereocenters. The number of carboxylic acid groups (broad SMARTS) is 1. The average molecular weight is 432 g/mol. The van der Waals surface area contributed by atoms with Gasteiger partial charge in [-0.1, -0.05) is 13.0 Å². The zero-order valence-corrected chi connectivity index (χ0v) is 17.1. The highest BCUT2D eigenvalue weighted by Gasteiger charge is 2.49. The van der Waals surface area contributed by atoms with Gasteiger partial charge in [0.2, 0.25) is 5.91 Å². The fourth-order valence-corrected chi connectivity index (χ4v) is 3.45. The molecule has 3 heterocycles. The minimum atomic E-state index is -5.08. The van der Waals surface area contributed by atoms with Crippen molar-refractivity contribution < 1.29 is 37.3 Å². The Morgan fingerprint density at radius 2 is 2.03 bits per heavy atom. The summed E-state index contributed by atoms with van der Waals surface area (Å²) in [6.45, 7) is 6.82. The van der Waals surface area contributed by atoms with E-state index in [1.165, 1.54) is 0 Å². The van der Waals surface area contributed by atoms with Crippen LogP contribution in [0.5, 0.6) is 0 Å². The number of aromatic nitrogens is 1. The molecule has 0 aromatic carbocycles. The molecule has 2 saturated heterocycles. The van der Waals surface area contributed by atoms with Gasteiger partial charge < -0.3 is 19.5 Å². The van der Waals surface area contributed by atoms with Gasteiger partial charge in [-0.05, 0) is 30.9 Å². The van der Waals surface area contributed by atoms with Gasteiger partial charge in [-0.2, -0.15) is 13.2 Å². The number of likely N-dealkylation sites (tertiary alicyclic amines) is 1. The first-order valence-corrected chi connectivity index (χ1v) is 9.78. The van der Waals surface area contributed by atoms with E-state index in [2.05, 4.69) is 11.1 Å². The first-order chi connectivity index (χ1) is 14.0. The summed E-state index contributed by atoms with van der Waals surface area (Å²) < 4.78 is 43.8. The summed E-state index contributed by atoms with van der Waals surface area (Å²) in [5.41, 5.74) is 2.09. The summed E-state index contributed by atoms with van der Waals surface area (Å²) >= 11 is 0. The summed E-state index contributed by atoms with van der Waals surface area (Å²) in [7, 11) is 0. The molecule has 2 fully saturated rings. The summed E-state index contributed by atoms with van der Waals surface area (Å²) in [6, 6.07) is 2.11. The second-order valence-corrected chi connectivity index (χ2v) is 7.63. The third kappa shape index (κ3) is 6.94. The molecule has 0 saturated carbocycles. The Morgan fingerprint density at radius 1 is 1.37 bits per heavy atom. The predicted molar refractivity (Wildman–Crippen MR) is 101 cm³/mol. The first-order valence-electron chi connectivity index (χ1n) is 9.78. The Bertz CT molecular complexity index is 735. The van der Waals surface area contributed by atoms with Crippen LogP contribution in [0.15, 0.2) is 18.5 Å². The number of hydrogen-bond donors (Lipinski definition) is 1. The van der Waals surface area contributed by atoms with E-state index in [1.807, 2.05) is 31.1 Å². The lowest BCUT2D eigenvalue weighted by molar-refractivity contribution is -0.202. The second-order valence-electron chi connectivity index (χ2n) is 7.63. The number of amides is 1. The molecule has 30 heavy (non-hydrogen) atoms. The van der Waals surface area contributed by atoms with Crippen molar-refractivity contribution in [2.75, 3.05) is 19.7 Å². The van der Waals surface area contributed by atoms with Crippen LogP contribution in [0.2, 0.25) is 0 Å². The van der Waals surface area contributed by atoms with E-state index in [9.17, 15) is 18.0 Å². The number of hydrogen-bond acceptors (Lipinski definition) is 5. The van der Waals surface area contributed by atoms with Crippen molar-refractivity contribution in [2.24, 2.45) is 0 Å². The lowest BCUT2D eigenvalue weighted by Gasteiger charge is -2.53. The highest BCUT2D eigenvalue weighted by molar-refractivity contribution is 5.77.